The lowest BCUT2D eigenvalue weighted by Crippen LogP contribution is -1.59. The first kappa shape index (κ1) is 10.2. The van der Waals surface area contributed by atoms with Gasteiger partial charge in [-0.25, -0.2) is 9.37 Å². The molecule has 0 radical (unpaired) electrons. The van der Waals surface area contributed by atoms with Crippen LogP contribution in [0.2, 0.25) is 0 Å². The summed E-state index contributed by atoms with van der Waals surface area (Å²) in [5, 5.41) is 0. The van der Waals surface area contributed by atoms with Crippen LogP contribution in [0, 0.1) is 0 Å². The molecular weight excluding hydrogens is 156 g/mol. The van der Waals surface area contributed by atoms with Crippen molar-refractivity contribution < 1.29 is 0 Å². The summed E-state index contributed by atoms with van der Waals surface area (Å²) in [7, 11) is 5.45. The predicted octanol–water partition coefficient (Wildman–Crippen LogP) is 1.62. The molecule has 0 saturated carbocycles. The van der Waals surface area contributed by atoms with Gasteiger partial charge in [-0.15, -0.1) is 12.4 Å². The summed E-state index contributed by atoms with van der Waals surface area (Å²) >= 11 is 0. The Kier molecular flexibility index (Phi) is 16.2. The van der Waals surface area contributed by atoms with Crippen LogP contribution >= 0.6 is 39.7 Å². The number of halogens is 1. The maximum atomic E-state index is 3.61. The largest absolute Gasteiger partial charge is 0.239 e. The molecule has 0 aliphatic heterocycles. The molecule has 0 aliphatic carbocycles. The molecule has 0 rings (SSSR count). The van der Waals surface area contributed by atoms with Gasteiger partial charge in [0.2, 0.25) is 0 Å². The van der Waals surface area contributed by atoms with E-state index in [-0.39, 0.29) is 12.4 Å². The van der Waals surface area contributed by atoms with Gasteiger partial charge in [0.15, 0.2) is 0 Å². The van der Waals surface area contributed by atoms with E-state index in [1.165, 1.54) is 0 Å². The van der Waals surface area contributed by atoms with E-state index in [0.717, 1.165) is 8.52 Å². The van der Waals surface area contributed by atoms with Crippen LogP contribution in [0.4, 0.5) is 0 Å². The Bertz CT molecular complexity index is 35.8. The Morgan fingerprint density at radius 1 is 1.67 bits per heavy atom. The van der Waals surface area contributed by atoms with Crippen LogP contribution in [0.1, 0.15) is 0 Å². The fourth-order valence-electron chi connectivity index (χ4n) is 0.0333. The summed E-state index contributed by atoms with van der Waals surface area (Å²) in [6, 6.07) is 0. The van der Waals surface area contributed by atoms with Crippen LogP contribution < -0.4 is 4.86 Å². The van der Waals surface area contributed by atoms with Crippen molar-refractivity contribution in [1.29, 1.82) is 0 Å². The summed E-state index contributed by atoms with van der Waals surface area (Å²) in [4.78, 5) is 2.72. The van der Waals surface area contributed by atoms with Crippen molar-refractivity contribution in [2.75, 3.05) is 0 Å². The molecule has 2 unspecified atom stereocenters. The molecular formula is H6ClN2P3. The first-order valence-electron chi connectivity index (χ1n) is 0.970. The number of hydrogen-bond donors (Lipinski definition) is 1. The van der Waals surface area contributed by atoms with Crippen LogP contribution in [-0.2, 0) is 0 Å². The van der Waals surface area contributed by atoms with Gasteiger partial charge in [-0.2, -0.15) is 0 Å². The van der Waals surface area contributed by atoms with E-state index in [1.54, 1.807) is 0 Å². The van der Waals surface area contributed by atoms with E-state index in [2.05, 4.69) is 28.2 Å². The second kappa shape index (κ2) is 9.51. The summed E-state index contributed by atoms with van der Waals surface area (Å²) in [5.41, 5.74) is 0. The molecule has 0 fully saturated rings. The number of nitrogens with one attached hydrogen (secondary N) is 1. The molecule has 0 aromatic rings. The molecule has 0 aliphatic rings. The Balaban J connectivity index is 0. The first-order chi connectivity index (χ1) is 2.41. The highest BCUT2D eigenvalue weighted by Crippen LogP contribution is 1.98. The summed E-state index contributed by atoms with van der Waals surface area (Å²) in [6.45, 7) is 0. The molecule has 6 heavy (non-hydrogen) atoms. The van der Waals surface area contributed by atoms with Gasteiger partial charge >= 0.3 is 0 Å². The van der Waals surface area contributed by atoms with Gasteiger partial charge < -0.3 is 0 Å². The van der Waals surface area contributed by atoms with E-state index in [1.807, 2.05) is 0 Å². The van der Waals surface area contributed by atoms with Gasteiger partial charge in [-0.05, 0) is 9.39 Å². The van der Waals surface area contributed by atoms with Crippen molar-refractivity contribution >= 4 is 39.7 Å². The molecule has 0 heterocycles. The van der Waals surface area contributed by atoms with Crippen molar-refractivity contribution in [2.24, 2.45) is 4.52 Å². The summed E-state index contributed by atoms with van der Waals surface area (Å²) in [6.07, 6.45) is 0. The van der Waals surface area contributed by atoms with Crippen LogP contribution in [0.25, 0.3) is 0 Å². The average molecular weight is 162 g/mol. The fourth-order valence-corrected chi connectivity index (χ4v) is 0.900. The average Bonchev–Trinajstić information content (AvgIpc) is 1.41. The van der Waals surface area contributed by atoms with E-state index in [0.29, 0.717) is 0 Å². The Morgan fingerprint density at radius 3 is 2.17 bits per heavy atom. The number of rotatable bonds is 1. The van der Waals surface area contributed by atoms with Gasteiger partial charge in [0.05, 0.1) is 8.52 Å². The van der Waals surface area contributed by atoms with E-state index < -0.39 is 0 Å². The maximum absolute atomic E-state index is 3.61. The van der Waals surface area contributed by atoms with Crippen molar-refractivity contribution in [1.82, 2.24) is 4.86 Å². The molecule has 0 amide bonds. The highest BCUT2D eigenvalue weighted by Gasteiger charge is 1.49. The highest BCUT2D eigenvalue weighted by molar-refractivity contribution is 7.41. The minimum atomic E-state index is 0. The van der Waals surface area contributed by atoms with Gasteiger partial charge in [0.25, 0.3) is 0 Å². The Hall–Kier alpha value is 1.21. The van der Waals surface area contributed by atoms with Crippen molar-refractivity contribution in [3.05, 3.63) is 0 Å². The standard InChI is InChI=1S/ClH.H5N2P3/c;3-1-5-2-4/h1H;3-4H2,(H,1,2). The minimum Gasteiger partial charge on any atom is -0.239 e. The first-order valence-corrected chi connectivity index (χ1v) is 2.91. The highest BCUT2D eigenvalue weighted by atomic mass is 35.5. The Labute approximate surface area is 49.7 Å². The van der Waals surface area contributed by atoms with E-state index in [9.17, 15) is 0 Å². The van der Waals surface area contributed by atoms with Crippen LogP contribution in [0.3, 0.4) is 0 Å². The maximum Gasteiger partial charge on any atom is 0.0973 e. The predicted molar refractivity (Wildman–Crippen MR) is 39.2 cm³/mol. The summed E-state index contributed by atoms with van der Waals surface area (Å²) < 4.78 is 3.61. The van der Waals surface area contributed by atoms with Crippen LogP contribution in [0.5, 0.6) is 0 Å². The van der Waals surface area contributed by atoms with Crippen molar-refractivity contribution in [2.45, 2.75) is 0 Å². The molecule has 6 heteroatoms. The molecule has 2 nitrogen and oxygen atoms in total. The summed E-state index contributed by atoms with van der Waals surface area (Å²) in [5.74, 6) is 0. The Morgan fingerprint density at radius 2 is 2.17 bits per heavy atom. The smallest absolute Gasteiger partial charge is 0.0973 e. The second-order valence-corrected chi connectivity index (χ2v) is 2.50. The van der Waals surface area contributed by atoms with Crippen LogP contribution in [0.15, 0.2) is 4.52 Å². The zero-order valence-corrected chi connectivity index (χ0v) is 6.98. The van der Waals surface area contributed by atoms with Gasteiger partial charge in [-0.3, -0.25) is 0 Å². The van der Waals surface area contributed by atoms with Crippen molar-refractivity contribution in [3.63, 3.8) is 0 Å². The topological polar surface area (TPSA) is 24.4 Å². The monoisotopic (exact) mass is 162 g/mol. The minimum absolute atomic E-state index is 0. The normalized spacial score (nSPS) is 8.33. The SMILES string of the molecule is Cl.PN=PNP. The molecule has 0 aromatic heterocycles. The molecule has 0 bridgehead atoms. The fraction of sp³-hybridized carbons (Fsp3) is 0. The van der Waals surface area contributed by atoms with E-state index in [4.69, 9.17) is 0 Å². The molecule has 0 aromatic carbocycles. The van der Waals surface area contributed by atoms with Gasteiger partial charge in [0, 0.05) is 0 Å². The molecule has 2 atom stereocenters. The third-order valence-electron chi connectivity index (χ3n) is 0.115. The third-order valence-corrected chi connectivity index (χ3v) is 1.04. The second-order valence-electron chi connectivity index (χ2n) is 0.345. The third kappa shape index (κ3) is 8.96. The molecule has 0 saturated heterocycles. The van der Waals surface area contributed by atoms with Crippen LogP contribution in [-0.4, -0.2) is 0 Å². The van der Waals surface area contributed by atoms with Gasteiger partial charge in [0.1, 0.15) is 0 Å². The number of hydrogen-bond acceptors (Lipinski definition) is 1. The molecule has 1 N–H and O–H groups in total. The lowest BCUT2D eigenvalue weighted by molar-refractivity contribution is 1.74. The molecule has 0 spiro atoms. The zero-order chi connectivity index (χ0) is 4.12. The van der Waals surface area contributed by atoms with Gasteiger partial charge in [-0.1, -0.05) is 9.39 Å². The van der Waals surface area contributed by atoms with Crippen molar-refractivity contribution in [3.8, 4) is 0 Å². The van der Waals surface area contributed by atoms with E-state index >= 15 is 0 Å². The quantitative estimate of drug-likeness (QED) is 0.582. The lowest BCUT2D eigenvalue weighted by atomic mass is 13.9. The zero-order valence-electron chi connectivity index (χ0n) is 2.96. The lowest BCUT2D eigenvalue weighted by Gasteiger charge is -1.69. The molecule has 38 valence electrons. The number of nitrogens with zero attached hydrogens (tertiary/aromatic N) is 1.